The summed E-state index contributed by atoms with van der Waals surface area (Å²) in [5.41, 5.74) is 0.273. The number of imidazole rings is 1. The lowest BCUT2D eigenvalue weighted by Crippen LogP contribution is -2.29. The van der Waals surface area contributed by atoms with Crippen LogP contribution >= 0.6 is 11.8 Å². The van der Waals surface area contributed by atoms with Crippen molar-refractivity contribution in [3.05, 3.63) is 20.8 Å². The fraction of sp³-hybridized carbons (Fsp3) is 0.808. The minimum absolute atomic E-state index is 0.331. The molecule has 7 heteroatoms. The summed E-state index contributed by atoms with van der Waals surface area (Å²) >= 11 is 1.67. The topological polar surface area (TPSA) is 72.7 Å². The van der Waals surface area contributed by atoms with Crippen LogP contribution in [-0.2, 0) is 13.6 Å². The number of aromatic amines is 1. The first-order valence-electron chi connectivity index (χ1n) is 13.3. The molecule has 0 aliphatic heterocycles. The van der Waals surface area contributed by atoms with Crippen LogP contribution in [0, 0.1) is 5.92 Å². The van der Waals surface area contributed by atoms with Crippen LogP contribution in [-0.4, -0.2) is 24.9 Å². The highest BCUT2D eigenvalue weighted by Crippen LogP contribution is 2.24. The molecule has 2 aromatic rings. The number of aromatic nitrogens is 4. The summed E-state index contributed by atoms with van der Waals surface area (Å²) in [6, 6.07) is 0. The minimum Gasteiger partial charge on any atom is -0.313 e. The summed E-state index contributed by atoms with van der Waals surface area (Å²) in [5.74, 6) is 1.47. The number of rotatable bonds is 18. The molecule has 0 fully saturated rings. The number of hydrogen-bond donors (Lipinski definition) is 1. The summed E-state index contributed by atoms with van der Waals surface area (Å²) in [4.78, 5) is 31.6. The van der Waals surface area contributed by atoms with Gasteiger partial charge in [0.1, 0.15) is 0 Å². The molecule has 0 aromatic carbocycles. The fourth-order valence-corrected chi connectivity index (χ4v) is 5.21. The van der Waals surface area contributed by atoms with Gasteiger partial charge < -0.3 is 4.57 Å². The van der Waals surface area contributed by atoms with Gasteiger partial charge >= 0.3 is 5.69 Å². The second-order valence-electron chi connectivity index (χ2n) is 9.84. The van der Waals surface area contributed by atoms with Crippen LogP contribution < -0.4 is 11.2 Å². The van der Waals surface area contributed by atoms with Crippen molar-refractivity contribution in [2.45, 2.75) is 122 Å². The first kappa shape index (κ1) is 27.7. The number of H-pyrrole nitrogens is 1. The lowest BCUT2D eigenvalue weighted by Gasteiger charge is -2.09. The van der Waals surface area contributed by atoms with Gasteiger partial charge in [0, 0.05) is 19.3 Å². The maximum atomic E-state index is 12.5. The number of nitrogens with zero attached hydrogens (tertiary/aromatic N) is 3. The van der Waals surface area contributed by atoms with Crippen LogP contribution in [0.15, 0.2) is 14.7 Å². The van der Waals surface area contributed by atoms with Crippen LogP contribution in [0.1, 0.15) is 111 Å². The molecule has 2 rings (SSSR count). The van der Waals surface area contributed by atoms with Crippen molar-refractivity contribution in [1.29, 1.82) is 0 Å². The van der Waals surface area contributed by atoms with Crippen LogP contribution in [0.5, 0.6) is 0 Å². The number of fused-ring (bicyclic) bond motifs is 1. The van der Waals surface area contributed by atoms with E-state index in [1.54, 1.807) is 18.8 Å². The molecule has 0 aliphatic carbocycles. The quantitative estimate of drug-likeness (QED) is 0.192. The monoisotopic (exact) mass is 478 g/mol. The molecule has 0 amide bonds. The van der Waals surface area contributed by atoms with E-state index in [1.165, 1.54) is 81.6 Å². The van der Waals surface area contributed by atoms with E-state index in [2.05, 4.69) is 30.7 Å². The number of nitrogens with one attached hydrogen (secondary N) is 1. The Morgan fingerprint density at radius 1 is 0.848 bits per heavy atom. The molecule has 0 radical (unpaired) electrons. The molecule has 1 N–H and O–H groups in total. The smallest absolute Gasteiger partial charge is 0.313 e. The van der Waals surface area contributed by atoms with Crippen LogP contribution in [0.4, 0.5) is 0 Å². The highest BCUT2D eigenvalue weighted by molar-refractivity contribution is 7.99. The average molecular weight is 479 g/mol. The number of hydrogen-bond acceptors (Lipinski definition) is 4. The zero-order valence-corrected chi connectivity index (χ0v) is 22.3. The van der Waals surface area contributed by atoms with Crippen molar-refractivity contribution in [1.82, 2.24) is 19.1 Å². The summed E-state index contributed by atoms with van der Waals surface area (Å²) in [7, 11) is 1.67. The lowest BCUT2D eigenvalue weighted by molar-refractivity contribution is 0.519. The van der Waals surface area contributed by atoms with Gasteiger partial charge in [0.05, 0.1) is 0 Å². The van der Waals surface area contributed by atoms with E-state index in [9.17, 15) is 9.59 Å². The molecule has 2 aromatic heterocycles. The Kier molecular flexibility index (Phi) is 13.0. The van der Waals surface area contributed by atoms with Crippen molar-refractivity contribution in [3.8, 4) is 0 Å². The molecule has 0 saturated carbocycles. The molecule has 0 saturated heterocycles. The maximum Gasteiger partial charge on any atom is 0.329 e. The molecule has 6 nitrogen and oxygen atoms in total. The second kappa shape index (κ2) is 15.4. The first-order chi connectivity index (χ1) is 16.0. The number of aryl methyl sites for hydroxylation is 2. The van der Waals surface area contributed by atoms with Crippen LogP contribution in [0.3, 0.4) is 0 Å². The lowest BCUT2D eigenvalue weighted by atomic mass is 10.0. The Morgan fingerprint density at radius 2 is 1.36 bits per heavy atom. The van der Waals surface area contributed by atoms with Crippen LogP contribution in [0.2, 0.25) is 0 Å². The zero-order chi connectivity index (χ0) is 24.1. The van der Waals surface area contributed by atoms with E-state index in [0.29, 0.717) is 17.1 Å². The third-order valence-corrected chi connectivity index (χ3v) is 7.66. The molecular formula is C26H46N4O2S. The second-order valence-corrected chi connectivity index (χ2v) is 10.8. The van der Waals surface area contributed by atoms with Gasteiger partial charge in [-0.3, -0.25) is 14.3 Å². The largest absolute Gasteiger partial charge is 0.329 e. The summed E-state index contributed by atoms with van der Waals surface area (Å²) in [5, 5.41) is 0.847. The van der Waals surface area contributed by atoms with Gasteiger partial charge in [-0.1, -0.05) is 116 Å². The van der Waals surface area contributed by atoms with E-state index in [-0.39, 0.29) is 5.56 Å². The molecule has 188 valence electrons. The van der Waals surface area contributed by atoms with Gasteiger partial charge in [0.25, 0.3) is 5.56 Å². The molecule has 2 heterocycles. The van der Waals surface area contributed by atoms with Gasteiger partial charge in [-0.2, -0.15) is 0 Å². The molecule has 33 heavy (non-hydrogen) atoms. The Balaban J connectivity index is 1.74. The molecule has 0 bridgehead atoms. The van der Waals surface area contributed by atoms with Gasteiger partial charge in [-0.15, -0.1) is 0 Å². The number of thioether (sulfide) groups is 1. The van der Waals surface area contributed by atoms with Gasteiger partial charge in [0.2, 0.25) is 0 Å². The van der Waals surface area contributed by atoms with Gasteiger partial charge in [-0.05, 0) is 12.3 Å². The fourth-order valence-electron chi connectivity index (χ4n) is 4.24. The Morgan fingerprint density at radius 3 is 1.88 bits per heavy atom. The third kappa shape index (κ3) is 9.34. The number of unbranched alkanes of at least 4 members (excludes halogenated alkanes) is 13. The molecule has 0 unspecified atom stereocenters. The predicted octanol–water partition coefficient (Wildman–Crippen LogP) is 6.65. The highest BCUT2D eigenvalue weighted by atomic mass is 32.2. The first-order valence-corrected chi connectivity index (χ1v) is 14.3. The van der Waals surface area contributed by atoms with E-state index in [4.69, 9.17) is 0 Å². The Bertz CT molecular complexity index is 929. The minimum atomic E-state index is -0.408. The summed E-state index contributed by atoms with van der Waals surface area (Å²) in [6.07, 6.45) is 18.6. The van der Waals surface area contributed by atoms with E-state index in [1.807, 2.05) is 4.57 Å². The molecular weight excluding hydrogens is 432 g/mol. The zero-order valence-electron chi connectivity index (χ0n) is 21.5. The van der Waals surface area contributed by atoms with Crippen molar-refractivity contribution >= 4 is 22.9 Å². The van der Waals surface area contributed by atoms with Crippen molar-refractivity contribution < 1.29 is 0 Å². The average Bonchev–Trinajstić information content (AvgIpc) is 3.15. The maximum absolute atomic E-state index is 12.5. The van der Waals surface area contributed by atoms with Crippen molar-refractivity contribution in [3.63, 3.8) is 0 Å². The summed E-state index contributed by atoms with van der Waals surface area (Å²) in [6.45, 7) is 7.40. The highest BCUT2D eigenvalue weighted by Gasteiger charge is 2.17. The van der Waals surface area contributed by atoms with E-state index >= 15 is 0 Å². The van der Waals surface area contributed by atoms with Gasteiger partial charge in [-0.25, -0.2) is 9.78 Å². The molecule has 0 aliphatic rings. The predicted molar refractivity (Wildman–Crippen MR) is 141 cm³/mol. The SMILES string of the molecule is CCCCCCCCCCCCCCCCn1c(SCC(C)C)nc2c1c(=O)[nH]c(=O)n2C. The van der Waals surface area contributed by atoms with E-state index in [0.717, 1.165) is 30.3 Å². The molecule has 0 atom stereocenters. The Labute approximate surface area is 204 Å². The third-order valence-electron chi connectivity index (χ3n) is 6.25. The van der Waals surface area contributed by atoms with E-state index < -0.39 is 5.69 Å². The van der Waals surface area contributed by atoms with Gasteiger partial charge in [0.15, 0.2) is 16.3 Å². The molecule has 0 spiro atoms. The van der Waals surface area contributed by atoms with Crippen LogP contribution in [0.25, 0.3) is 11.2 Å². The standard InChI is InChI=1S/C26H46N4O2S/c1-5-6-7-8-9-10-11-12-13-14-15-16-17-18-19-30-22-23(27-26(30)33-20-21(2)3)29(4)25(32)28-24(22)31/h21H,5-20H2,1-4H3,(H,28,31,32). The normalized spacial score (nSPS) is 11.8. The summed E-state index contributed by atoms with van der Waals surface area (Å²) < 4.78 is 3.47. The van der Waals surface area contributed by atoms with Crippen molar-refractivity contribution in [2.24, 2.45) is 13.0 Å². The Hall–Kier alpha value is -1.50. The van der Waals surface area contributed by atoms with Crippen molar-refractivity contribution in [2.75, 3.05) is 5.75 Å².